The van der Waals surface area contributed by atoms with Crippen molar-refractivity contribution in [2.45, 2.75) is 46.1 Å². The molecule has 0 bridgehead atoms. The van der Waals surface area contributed by atoms with Gasteiger partial charge in [0.25, 0.3) is 5.69 Å². The first-order valence-electron chi connectivity index (χ1n) is 10.2. The second kappa shape index (κ2) is 9.10. The summed E-state index contributed by atoms with van der Waals surface area (Å²) in [5.74, 6) is 1.27. The fraction of sp³-hybridized carbons (Fsp3) is 0.455. The molecule has 156 valence electrons. The maximum Gasteiger partial charge on any atom is 0.324 e. The summed E-state index contributed by atoms with van der Waals surface area (Å²) in [7, 11) is -3.49. The van der Waals surface area contributed by atoms with Gasteiger partial charge in [-0.25, -0.2) is 0 Å². The summed E-state index contributed by atoms with van der Waals surface area (Å²) in [6, 6.07) is 15.1. The summed E-state index contributed by atoms with van der Waals surface area (Å²) in [5.41, 5.74) is 0.359. The Kier molecular flexibility index (Phi) is 6.76. The molecule has 0 unspecified atom stereocenters. The highest BCUT2D eigenvalue weighted by atomic mass is 31.2. The van der Waals surface area contributed by atoms with Gasteiger partial charge in [-0.15, -0.1) is 0 Å². The first kappa shape index (κ1) is 21.5. The van der Waals surface area contributed by atoms with Crippen LogP contribution in [0, 0.1) is 27.9 Å². The zero-order valence-electron chi connectivity index (χ0n) is 17.2. The number of rotatable bonds is 7. The van der Waals surface area contributed by atoms with Crippen molar-refractivity contribution in [1.29, 1.82) is 0 Å². The minimum absolute atomic E-state index is 0.0547. The fourth-order valence-corrected chi connectivity index (χ4v) is 6.03. The van der Waals surface area contributed by atoms with Crippen LogP contribution < -0.4 is 10.4 Å². The van der Waals surface area contributed by atoms with Crippen molar-refractivity contribution in [2.75, 3.05) is 5.09 Å². The molecule has 1 N–H and O–H groups in total. The summed E-state index contributed by atoms with van der Waals surface area (Å²) < 4.78 is 20.5. The number of hydrogen-bond donors (Lipinski definition) is 1. The van der Waals surface area contributed by atoms with E-state index in [1.165, 1.54) is 12.1 Å². The molecule has 0 radical (unpaired) electrons. The van der Waals surface area contributed by atoms with Crippen LogP contribution in [-0.4, -0.2) is 11.0 Å². The van der Waals surface area contributed by atoms with E-state index in [0.29, 0.717) is 28.7 Å². The Labute approximate surface area is 172 Å². The predicted molar refractivity (Wildman–Crippen MR) is 117 cm³/mol. The van der Waals surface area contributed by atoms with E-state index in [2.05, 4.69) is 25.9 Å². The topological polar surface area (TPSA) is 81.5 Å². The second-order valence-electron chi connectivity index (χ2n) is 8.28. The Morgan fingerprint density at radius 3 is 2.52 bits per heavy atom. The third-order valence-electron chi connectivity index (χ3n) is 5.67. The largest absolute Gasteiger partial charge is 0.324 e. The van der Waals surface area contributed by atoms with Gasteiger partial charge in [0.1, 0.15) is 0 Å². The second-order valence-corrected chi connectivity index (χ2v) is 10.3. The van der Waals surface area contributed by atoms with Gasteiger partial charge in [0, 0.05) is 17.8 Å². The molecule has 0 saturated heterocycles. The molecule has 0 aliphatic heterocycles. The maximum absolute atomic E-state index is 14.1. The van der Waals surface area contributed by atoms with Crippen LogP contribution in [-0.2, 0) is 9.09 Å². The van der Waals surface area contributed by atoms with E-state index in [1.807, 2.05) is 18.2 Å². The molecular weight excluding hydrogens is 387 g/mol. The van der Waals surface area contributed by atoms with Crippen LogP contribution in [0.15, 0.2) is 54.6 Å². The lowest BCUT2D eigenvalue weighted by atomic mass is 9.75. The van der Waals surface area contributed by atoms with Crippen molar-refractivity contribution < 1.29 is 14.0 Å². The van der Waals surface area contributed by atoms with Gasteiger partial charge in [-0.3, -0.25) is 14.7 Å². The highest BCUT2D eigenvalue weighted by Gasteiger charge is 2.38. The summed E-state index contributed by atoms with van der Waals surface area (Å²) >= 11 is 0. The van der Waals surface area contributed by atoms with Crippen LogP contribution in [0.1, 0.15) is 40.0 Å². The lowest BCUT2D eigenvalue weighted by Crippen LogP contribution is -2.35. The minimum Gasteiger partial charge on any atom is -0.312 e. The number of nitrogens with one attached hydrogen (secondary N) is 1. The van der Waals surface area contributed by atoms with E-state index in [-0.39, 0.29) is 11.8 Å². The summed E-state index contributed by atoms with van der Waals surface area (Å²) in [6.45, 7) is 6.56. The van der Waals surface area contributed by atoms with Gasteiger partial charge in [0.2, 0.25) is 0 Å². The zero-order chi connectivity index (χ0) is 21.0. The first-order chi connectivity index (χ1) is 13.8. The Balaban J connectivity index is 1.95. The lowest BCUT2D eigenvalue weighted by molar-refractivity contribution is -0.384. The highest BCUT2D eigenvalue weighted by molar-refractivity contribution is 7.68. The van der Waals surface area contributed by atoms with E-state index in [9.17, 15) is 14.7 Å². The summed E-state index contributed by atoms with van der Waals surface area (Å²) in [5, 5.41) is 14.7. The van der Waals surface area contributed by atoms with Gasteiger partial charge in [-0.05, 0) is 48.8 Å². The molecule has 1 aliphatic rings. The molecule has 1 saturated carbocycles. The van der Waals surface area contributed by atoms with Crippen LogP contribution in [0.4, 0.5) is 11.4 Å². The smallest absolute Gasteiger partial charge is 0.312 e. The molecule has 4 atom stereocenters. The highest BCUT2D eigenvalue weighted by Crippen LogP contribution is 2.51. The normalized spacial score (nSPS) is 24.1. The number of anilines is 1. The van der Waals surface area contributed by atoms with Gasteiger partial charge in [-0.1, -0.05) is 51.5 Å². The van der Waals surface area contributed by atoms with Crippen molar-refractivity contribution in [3.05, 3.63) is 64.7 Å². The molecule has 0 amide bonds. The number of nitro groups is 1. The predicted octanol–water partition coefficient (Wildman–Crippen LogP) is 6.00. The molecule has 29 heavy (non-hydrogen) atoms. The van der Waals surface area contributed by atoms with Crippen molar-refractivity contribution in [3.63, 3.8) is 0 Å². The van der Waals surface area contributed by atoms with Gasteiger partial charge >= 0.3 is 7.52 Å². The molecular formula is C22H29N2O4P. The average Bonchev–Trinajstić information content (AvgIpc) is 2.68. The van der Waals surface area contributed by atoms with Crippen molar-refractivity contribution in [2.24, 2.45) is 17.8 Å². The molecule has 0 spiro atoms. The molecule has 2 aromatic rings. The molecule has 2 aromatic carbocycles. The molecule has 7 heteroatoms. The van der Waals surface area contributed by atoms with Gasteiger partial charge in [0.15, 0.2) is 0 Å². The van der Waals surface area contributed by atoms with Crippen molar-refractivity contribution in [1.82, 2.24) is 0 Å². The van der Waals surface area contributed by atoms with Gasteiger partial charge in [0.05, 0.1) is 16.3 Å². The van der Waals surface area contributed by atoms with Crippen LogP contribution in [0.25, 0.3) is 0 Å². The number of non-ortho nitro benzene ring substituents is 1. The van der Waals surface area contributed by atoms with E-state index >= 15 is 0 Å². The third-order valence-corrected chi connectivity index (χ3v) is 7.77. The van der Waals surface area contributed by atoms with E-state index < -0.39 is 12.4 Å². The molecule has 1 aliphatic carbocycles. The molecule has 1 fully saturated rings. The van der Waals surface area contributed by atoms with Crippen molar-refractivity contribution in [3.8, 4) is 0 Å². The van der Waals surface area contributed by atoms with Crippen LogP contribution >= 0.6 is 7.52 Å². The van der Waals surface area contributed by atoms with Crippen LogP contribution in [0.2, 0.25) is 0 Å². The Hall–Kier alpha value is -2.17. The van der Waals surface area contributed by atoms with E-state index in [1.54, 1.807) is 24.3 Å². The van der Waals surface area contributed by atoms with Gasteiger partial charge < -0.3 is 9.61 Å². The number of hydrogen-bond acceptors (Lipinski definition) is 4. The number of nitro benzene ring substituents is 1. The van der Waals surface area contributed by atoms with Crippen LogP contribution in [0.5, 0.6) is 0 Å². The standard InChI is InChI=1S/C22H29N2O4P/c1-16(2)21-13-12-17(3)14-22(21)28-29(27,20-10-5-4-6-11-20)23-18-8-7-9-19(15-18)24(25)26/h4-11,15-17,21-22H,12-14H2,1-3H3,(H,23,27)/t17-,21-,22-,29+/m1/s1. The zero-order valence-corrected chi connectivity index (χ0v) is 18.0. The molecule has 0 heterocycles. The Bertz CT molecular complexity index is 887. The van der Waals surface area contributed by atoms with Crippen LogP contribution in [0.3, 0.4) is 0 Å². The first-order valence-corrected chi connectivity index (χ1v) is 11.8. The quantitative estimate of drug-likeness (QED) is 0.340. The molecule has 0 aromatic heterocycles. The Morgan fingerprint density at radius 1 is 1.14 bits per heavy atom. The SMILES string of the molecule is CC(C)[C@H]1CC[C@@H](C)C[C@H]1O[P@](=O)(Nc1cccc([N+](=O)[O-])c1)c1ccccc1. The molecule has 3 rings (SSSR count). The summed E-state index contributed by atoms with van der Waals surface area (Å²) in [6.07, 6.45) is 2.93. The van der Waals surface area contributed by atoms with E-state index in [4.69, 9.17) is 4.52 Å². The average molecular weight is 416 g/mol. The Morgan fingerprint density at radius 2 is 1.86 bits per heavy atom. The number of nitrogens with zero attached hydrogens (tertiary/aromatic N) is 1. The summed E-state index contributed by atoms with van der Waals surface area (Å²) in [4.78, 5) is 10.7. The monoisotopic (exact) mass is 416 g/mol. The van der Waals surface area contributed by atoms with Crippen molar-refractivity contribution >= 4 is 24.2 Å². The van der Waals surface area contributed by atoms with Gasteiger partial charge in [-0.2, -0.15) is 0 Å². The molecule has 6 nitrogen and oxygen atoms in total. The van der Waals surface area contributed by atoms with E-state index in [0.717, 1.165) is 19.3 Å². The minimum atomic E-state index is -3.49. The maximum atomic E-state index is 14.1. The third kappa shape index (κ3) is 5.26. The number of benzene rings is 2. The lowest BCUT2D eigenvalue weighted by Gasteiger charge is -2.39. The fourth-order valence-electron chi connectivity index (χ4n) is 4.06.